The smallest absolute Gasteiger partial charge is 0.433 e. The van der Waals surface area contributed by atoms with Crippen molar-refractivity contribution >= 4 is 5.91 Å². The molecule has 0 unspecified atom stereocenters. The van der Waals surface area contributed by atoms with Crippen LogP contribution in [0.25, 0.3) is 0 Å². The lowest BCUT2D eigenvalue weighted by Crippen LogP contribution is -2.49. The number of halogens is 3. The lowest BCUT2D eigenvalue weighted by molar-refractivity contribution is -0.141. The fraction of sp³-hybridized carbons (Fsp3) is 0.538. The van der Waals surface area contributed by atoms with Crippen molar-refractivity contribution < 1.29 is 27.8 Å². The number of hydrogen-bond acceptors (Lipinski definition) is 5. The molecule has 2 aliphatic heterocycles. The number of ether oxygens (including phenoxy) is 1. The quantitative estimate of drug-likeness (QED) is 0.617. The highest BCUT2D eigenvalue weighted by molar-refractivity contribution is 5.94. The van der Waals surface area contributed by atoms with Gasteiger partial charge in [-0.3, -0.25) is 14.7 Å². The number of pyridine rings is 1. The van der Waals surface area contributed by atoms with Gasteiger partial charge in [-0.05, 0) is 69.0 Å². The van der Waals surface area contributed by atoms with E-state index in [9.17, 15) is 23.1 Å². The highest BCUT2D eigenvalue weighted by atomic mass is 19.4. The summed E-state index contributed by atoms with van der Waals surface area (Å²) < 4.78 is 44.2. The molecule has 1 aromatic carbocycles. The van der Waals surface area contributed by atoms with Crippen molar-refractivity contribution in [2.24, 2.45) is 0 Å². The Morgan fingerprint density at radius 3 is 2.46 bits per heavy atom. The Balaban J connectivity index is 1.41. The molecule has 4 atom stereocenters. The topological polar surface area (TPSA) is 65.9 Å². The van der Waals surface area contributed by atoms with Gasteiger partial charge in [0, 0.05) is 43.8 Å². The number of carbonyl (C=O) groups excluding carboxylic acids is 1. The molecule has 0 spiro atoms. The standard InChI is InChI=1S/C26H32F3N3O3/c1-15(33)9-10-35-23-7-6-22(16(2)17(23)3)18(4)31-13-21-11-20(31)14-32(21)25(34)19-5-8-24(30-12-19)26(27,28)29/h5-8,12,15,18,20-21,33H,9-11,13-14H2,1-4H3/t15-,18-,20-,21-/m0/s1. The number of carbonyl (C=O) groups is 1. The Kier molecular flexibility index (Phi) is 7.11. The molecule has 2 fully saturated rings. The van der Waals surface area contributed by atoms with Gasteiger partial charge in [0.15, 0.2) is 0 Å². The van der Waals surface area contributed by atoms with Gasteiger partial charge in [-0.1, -0.05) is 6.07 Å². The largest absolute Gasteiger partial charge is 0.493 e. The number of aliphatic hydroxyl groups excluding tert-OH is 1. The maximum atomic E-state index is 13.0. The van der Waals surface area contributed by atoms with E-state index in [0.717, 1.165) is 36.5 Å². The minimum absolute atomic E-state index is 0.0294. The molecular weight excluding hydrogens is 459 g/mol. The fourth-order valence-corrected chi connectivity index (χ4v) is 5.22. The number of aromatic nitrogens is 1. The molecule has 2 saturated heterocycles. The summed E-state index contributed by atoms with van der Waals surface area (Å²) >= 11 is 0. The van der Waals surface area contributed by atoms with Gasteiger partial charge in [0.05, 0.1) is 18.3 Å². The molecule has 0 radical (unpaired) electrons. The number of hydrogen-bond donors (Lipinski definition) is 1. The number of alkyl halides is 3. The van der Waals surface area contributed by atoms with E-state index in [0.29, 0.717) is 19.6 Å². The highest BCUT2D eigenvalue weighted by Crippen LogP contribution is 2.39. The van der Waals surface area contributed by atoms with Crippen LogP contribution < -0.4 is 4.74 Å². The minimum Gasteiger partial charge on any atom is -0.493 e. The van der Waals surface area contributed by atoms with Gasteiger partial charge in [-0.25, -0.2) is 0 Å². The van der Waals surface area contributed by atoms with Gasteiger partial charge in [-0.2, -0.15) is 13.2 Å². The van der Waals surface area contributed by atoms with E-state index in [-0.39, 0.29) is 29.6 Å². The summed E-state index contributed by atoms with van der Waals surface area (Å²) in [5.74, 6) is 0.556. The molecule has 35 heavy (non-hydrogen) atoms. The van der Waals surface area contributed by atoms with E-state index in [2.05, 4.69) is 29.8 Å². The highest BCUT2D eigenvalue weighted by Gasteiger charge is 2.47. The van der Waals surface area contributed by atoms with E-state index < -0.39 is 18.0 Å². The molecule has 0 saturated carbocycles. The van der Waals surface area contributed by atoms with E-state index in [1.54, 1.807) is 11.8 Å². The molecule has 6 nitrogen and oxygen atoms in total. The lowest BCUT2D eigenvalue weighted by atomic mass is 9.96. The average Bonchev–Trinajstić information content (AvgIpc) is 3.41. The van der Waals surface area contributed by atoms with Crippen LogP contribution in [0.5, 0.6) is 5.75 Å². The Morgan fingerprint density at radius 2 is 1.89 bits per heavy atom. The van der Waals surface area contributed by atoms with Crippen LogP contribution in [0, 0.1) is 13.8 Å². The molecule has 1 amide bonds. The zero-order chi connectivity index (χ0) is 25.5. The van der Waals surface area contributed by atoms with Gasteiger partial charge in [-0.15, -0.1) is 0 Å². The zero-order valence-electron chi connectivity index (χ0n) is 20.5. The lowest BCUT2D eigenvalue weighted by Gasteiger charge is -2.38. The number of nitrogens with zero attached hydrogens (tertiary/aromatic N) is 3. The molecule has 3 heterocycles. The van der Waals surface area contributed by atoms with Crippen LogP contribution in [0.1, 0.15) is 65.5 Å². The molecule has 1 N–H and O–H groups in total. The SMILES string of the molecule is Cc1c(OCC[C@H](C)O)ccc([C@H](C)N2C[C@@H]3C[C@H]2CN3C(=O)c2ccc(C(F)(F)F)nc2)c1C. The van der Waals surface area contributed by atoms with Crippen molar-refractivity contribution in [2.75, 3.05) is 19.7 Å². The van der Waals surface area contributed by atoms with Crippen molar-refractivity contribution in [3.8, 4) is 5.75 Å². The summed E-state index contributed by atoms with van der Waals surface area (Å²) in [6, 6.07) is 6.52. The number of rotatable bonds is 7. The van der Waals surface area contributed by atoms with Crippen LogP contribution in [-0.4, -0.2) is 63.7 Å². The van der Waals surface area contributed by atoms with Gasteiger partial charge in [0.25, 0.3) is 5.91 Å². The molecule has 4 rings (SSSR count). The summed E-state index contributed by atoms with van der Waals surface area (Å²) in [7, 11) is 0. The van der Waals surface area contributed by atoms with Gasteiger partial charge in [0.1, 0.15) is 11.4 Å². The molecule has 190 valence electrons. The molecule has 9 heteroatoms. The molecule has 2 aliphatic rings. The van der Waals surface area contributed by atoms with Crippen LogP contribution in [-0.2, 0) is 6.18 Å². The van der Waals surface area contributed by atoms with E-state index in [1.165, 1.54) is 17.2 Å². The van der Waals surface area contributed by atoms with Crippen LogP contribution in [0.2, 0.25) is 0 Å². The zero-order valence-corrected chi connectivity index (χ0v) is 20.5. The third kappa shape index (κ3) is 5.16. The van der Waals surface area contributed by atoms with Gasteiger partial charge < -0.3 is 14.7 Å². The van der Waals surface area contributed by atoms with Gasteiger partial charge in [0.2, 0.25) is 0 Å². The Hall–Kier alpha value is -2.65. The number of fused-ring (bicyclic) bond motifs is 2. The molecule has 0 aliphatic carbocycles. The molecule has 2 aromatic rings. The van der Waals surface area contributed by atoms with E-state index in [4.69, 9.17) is 4.74 Å². The first-order valence-corrected chi connectivity index (χ1v) is 12.0. The van der Waals surface area contributed by atoms with Crippen molar-refractivity contribution in [3.05, 3.63) is 58.4 Å². The normalized spacial score (nSPS) is 21.9. The van der Waals surface area contributed by atoms with Crippen LogP contribution in [0.3, 0.4) is 0 Å². The molecule has 2 bridgehead atoms. The second-order valence-electron chi connectivity index (χ2n) is 9.69. The number of piperazine rings is 1. The molecule has 1 aromatic heterocycles. The Morgan fingerprint density at radius 1 is 1.14 bits per heavy atom. The second-order valence-corrected chi connectivity index (χ2v) is 9.69. The Labute approximate surface area is 203 Å². The minimum atomic E-state index is -4.52. The summed E-state index contributed by atoms with van der Waals surface area (Å²) in [5, 5.41) is 9.45. The first-order chi connectivity index (χ1) is 16.5. The number of aliphatic hydroxyl groups is 1. The first-order valence-electron chi connectivity index (χ1n) is 12.0. The summed E-state index contributed by atoms with van der Waals surface area (Å²) in [6.07, 6.45) is -2.48. The average molecular weight is 492 g/mol. The number of amides is 1. The predicted octanol–water partition coefficient (Wildman–Crippen LogP) is 4.53. The Bertz CT molecular complexity index is 1070. The summed E-state index contributed by atoms with van der Waals surface area (Å²) in [5.41, 5.74) is 2.64. The van der Waals surface area contributed by atoms with Crippen LogP contribution in [0.4, 0.5) is 13.2 Å². The third-order valence-corrected chi connectivity index (χ3v) is 7.36. The van der Waals surface area contributed by atoms with Crippen LogP contribution >= 0.6 is 0 Å². The first kappa shape index (κ1) is 25.4. The summed E-state index contributed by atoms with van der Waals surface area (Å²) in [4.78, 5) is 20.6. The van der Waals surface area contributed by atoms with Crippen LogP contribution in [0.15, 0.2) is 30.5 Å². The molecular formula is C26H32F3N3O3. The summed E-state index contributed by atoms with van der Waals surface area (Å²) in [6.45, 7) is 9.76. The van der Waals surface area contributed by atoms with Crippen molar-refractivity contribution in [1.82, 2.24) is 14.8 Å². The van der Waals surface area contributed by atoms with Gasteiger partial charge >= 0.3 is 6.18 Å². The van der Waals surface area contributed by atoms with E-state index in [1.807, 2.05) is 13.0 Å². The number of likely N-dealkylation sites (tertiary alicyclic amines) is 2. The maximum absolute atomic E-state index is 13.0. The predicted molar refractivity (Wildman–Crippen MR) is 125 cm³/mol. The fourth-order valence-electron chi connectivity index (χ4n) is 5.22. The third-order valence-electron chi connectivity index (χ3n) is 7.36. The van der Waals surface area contributed by atoms with Crippen molar-refractivity contribution in [2.45, 2.75) is 70.9 Å². The van der Waals surface area contributed by atoms with Crippen molar-refractivity contribution in [3.63, 3.8) is 0 Å². The maximum Gasteiger partial charge on any atom is 0.433 e. The monoisotopic (exact) mass is 491 g/mol. The van der Waals surface area contributed by atoms with E-state index >= 15 is 0 Å². The van der Waals surface area contributed by atoms with Crippen molar-refractivity contribution in [1.29, 1.82) is 0 Å². The number of benzene rings is 1. The second kappa shape index (κ2) is 9.78.